The van der Waals surface area contributed by atoms with Gasteiger partial charge in [0.15, 0.2) is 0 Å². The van der Waals surface area contributed by atoms with Gasteiger partial charge in [-0.1, -0.05) is 43.3 Å². The fourth-order valence-corrected chi connectivity index (χ4v) is 5.05. The first-order chi connectivity index (χ1) is 17.6. The van der Waals surface area contributed by atoms with E-state index < -0.39 is 0 Å². The molecular formula is C29H34N4O3. The van der Waals surface area contributed by atoms with E-state index >= 15 is 0 Å². The molecule has 3 amide bonds. The van der Waals surface area contributed by atoms with Crippen molar-refractivity contribution in [3.63, 3.8) is 0 Å². The smallest absolute Gasteiger partial charge is 0.323 e. The molecular weight excluding hydrogens is 452 g/mol. The molecule has 0 bridgehead atoms. The van der Waals surface area contributed by atoms with Gasteiger partial charge in [-0.05, 0) is 61.3 Å². The normalized spacial score (nSPS) is 18.2. The summed E-state index contributed by atoms with van der Waals surface area (Å²) in [6.07, 6.45) is 4.27. The first kappa shape index (κ1) is 24.1. The van der Waals surface area contributed by atoms with Gasteiger partial charge in [-0.3, -0.25) is 4.79 Å². The Morgan fingerprint density at radius 1 is 0.972 bits per heavy atom. The highest BCUT2D eigenvalue weighted by atomic mass is 16.5. The molecule has 2 fully saturated rings. The van der Waals surface area contributed by atoms with E-state index in [1.807, 2.05) is 54.6 Å². The molecule has 2 saturated heterocycles. The number of benzene rings is 3. The Labute approximate surface area is 212 Å². The van der Waals surface area contributed by atoms with Crippen molar-refractivity contribution >= 4 is 39.8 Å². The van der Waals surface area contributed by atoms with Crippen LogP contribution in [0.25, 0.3) is 10.8 Å². The van der Waals surface area contributed by atoms with E-state index in [9.17, 15) is 9.59 Å². The van der Waals surface area contributed by atoms with Crippen LogP contribution in [0.15, 0.2) is 60.7 Å². The average molecular weight is 487 g/mol. The number of anilines is 3. The van der Waals surface area contributed by atoms with E-state index in [2.05, 4.69) is 27.8 Å². The minimum atomic E-state index is -0.350. The highest BCUT2D eigenvalue weighted by molar-refractivity contribution is 6.07. The molecule has 0 aromatic heterocycles. The van der Waals surface area contributed by atoms with Crippen molar-refractivity contribution in [2.45, 2.75) is 38.7 Å². The number of nitrogens with zero attached hydrogens (tertiary/aromatic N) is 1. The van der Waals surface area contributed by atoms with Crippen LogP contribution in [0.3, 0.4) is 0 Å². The van der Waals surface area contributed by atoms with E-state index in [-0.39, 0.29) is 18.0 Å². The van der Waals surface area contributed by atoms with Crippen molar-refractivity contribution in [1.82, 2.24) is 5.32 Å². The summed E-state index contributed by atoms with van der Waals surface area (Å²) in [5.74, 6) is 0.550. The number of piperidine rings is 1. The van der Waals surface area contributed by atoms with Crippen molar-refractivity contribution in [3.05, 3.63) is 66.2 Å². The van der Waals surface area contributed by atoms with Gasteiger partial charge in [0.1, 0.15) is 0 Å². The van der Waals surface area contributed by atoms with Gasteiger partial charge in [0.25, 0.3) is 5.91 Å². The summed E-state index contributed by atoms with van der Waals surface area (Å²) in [7, 11) is 0. The lowest BCUT2D eigenvalue weighted by Crippen LogP contribution is -2.36. The second-order valence-electron chi connectivity index (χ2n) is 9.85. The molecule has 0 radical (unpaired) electrons. The SMILES string of the molecule is CC1CCN(c2ccc(NC(=O)Nc3cccc4ccccc34)cc2C(=O)NC[C@@H]2CCCO2)CC1. The summed E-state index contributed by atoms with van der Waals surface area (Å²) in [6, 6.07) is 19.0. The van der Waals surface area contributed by atoms with Crippen LogP contribution >= 0.6 is 0 Å². The Morgan fingerprint density at radius 3 is 2.58 bits per heavy atom. The summed E-state index contributed by atoms with van der Waals surface area (Å²) in [6.45, 7) is 5.36. The van der Waals surface area contributed by atoms with Crippen molar-refractivity contribution < 1.29 is 14.3 Å². The van der Waals surface area contributed by atoms with E-state index in [0.717, 1.165) is 67.5 Å². The highest BCUT2D eigenvalue weighted by Crippen LogP contribution is 2.29. The maximum Gasteiger partial charge on any atom is 0.323 e. The fraction of sp³-hybridized carbons (Fsp3) is 0.379. The van der Waals surface area contributed by atoms with Crippen LogP contribution in [0.2, 0.25) is 0 Å². The Balaban J connectivity index is 1.34. The Morgan fingerprint density at radius 2 is 1.78 bits per heavy atom. The number of hydrogen-bond donors (Lipinski definition) is 3. The lowest BCUT2D eigenvalue weighted by molar-refractivity contribution is 0.0858. The number of fused-ring (bicyclic) bond motifs is 1. The fourth-order valence-electron chi connectivity index (χ4n) is 5.05. The molecule has 3 N–H and O–H groups in total. The molecule has 2 heterocycles. The largest absolute Gasteiger partial charge is 0.376 e. The maximum atomic E-state index is 13.3. The lowest BCUT2D eigenvalue weighted by atomic mass is 9.97. The van der Waals surface area contributed by atoms with Gasteiger partial charge in [0.05, 0.1) is 17.4 Å². The molecule has 36 heavy (non-hydrogen) atoms. The summed E-state index contributed by atoms with van der Waals surface area (Å²) in [4.78, 5) is 28.4. The van der Waals surface area contributed by atoms with Gasteiger partial charge in [-0.2, -0.15) is 0 Å². The number of rotatable bonds is 6. The van der Waals surface area contributed by atoms with Crippen LogP contribution in [0.4, 0.5) is 21.9 Å². The zero-order chi connectivity index (χ0) is 24.9. The van der Waals surface area contributed by atoms with Crippen LogP contribution in [0.5, 0.6) is 0 Å². The predicted octanol–water partition coefficient (Wildman–Crippen LogP) is 5.63. The third kappa shape index (κ3) is 5.62. The summed E-state index contributed by atoms with van der Waals surface area (Å²) in [5.41, 5.74) is 2.79. The first-order valence-electron chi connectivity index (χ1n) is 12.9. The molecule has 188 valence electrons. The third-order valence-corrected chi connectivity index (χ3v) is 7.18. The molecule has 0 unspecified atom stereocenters. The van der Waals surface area contributed by atoms with Crippen molar-refractivity contribution in [3.8, 4) is 0 Å². The number of nitrogens with one attached hydrogen (secondary N) is 3. The monoisotopic (exact) mass is 486 g/mol. The minimum Gasteiger partial charge on any atom is -0.376 e. The van der Waals surface area contributed by atoms with Crippen LogP contribution in [-0.4, -0.2) is 44.3 Å². The van der Waals surface area contributed by atoms with Crippen molar-refractivity contribution in [1.29, 1.82) is 0 Å². The zero-order valence-corrected chi connectivity index (χ0v) is 20.8. The van der Waals surface area contributed by atoms with Gasteiger partial charge in [0.2, 0.25) is 0 Å². The number of carbonyl (C=O) groups excluding carboxylic acids is 2. The Kier molecular flexibility index (Phi) is 7.37. The molecule has 0 spiro atoms. The Bertz CT molecular complexity index is 1220. The minimum absolute atomic E-state index is 0.0704. The van der Waals surface area contributed by atoms with E-state index in [0.29, 0.717) is 23.7 Å². The lowest BCUT2D eigenvalue weighted by Gasteiger charge is -2.33. The summed E-state index contributed by atoms with van der Waals surface area (Å²) < 4.78 is 5.67. The van der Waals surface area contributed by atoms with Gasteiger partial charge in [-0.15, -0.1) is 0 Å². The van der Waals surface area contributed by atoms with Crippen LogP contribution in [0, 0.1) is 5.92 Å². The van der Waals surface area contributed by atoms with Crippen LogP contribution in [-0.2, 0) is 4.74 Å². The number of amides is 3. The molecule has 0 saturated carbocycles. The van der Waals surface area contributed by atoms with Gasteiger partial charge in [0, 0.05) is 43.0 Å². The van der Waals surface area contributed by atoms with Gasteiger partial charge < -0.3 is 25.6 Å². The maximum absolute atomic E-state index is 13.3. The zero-order valence-electron chi connectivity index (χ0n) is 20.8. The topological polar surface area (TPSA) is 82.7 Å². The number of hydrogen-bond acceptors (Lipinski definition) is 4. The van der Waals surface area contributed by atoms with Crippen molar-refractivity contribution in [2.24, 2.45) is 5.92 Å². The van der Waals surface area contributed by atoms with E-state index in [1.165, 1.54) is 0 Å². The summed E-state index contributed by atoms with van der Waals surface area (Å²) >= 11 is 0. The number of urea groups is 1. The molecule has 0 aliphatic carbocycles. The molecule has 1 atom stereocenters. The molecule has 5 rings (SSSR count). The second-order valence-corrected chi connectivity index (χ2v) is 9.85. The molecule has 2 aliphatic heterocycles. The highest BCUT2D eigenvalue weighted by Gasteiger charge is 2.23. The summed E-state index contributed by atoms with van der Waals surface area (Å²) in [5, 5.41) is 10.9. The number of ether oxygens (including phenoxy) is 1. The molecule has 7 heteroatoms. The number of carbonyl (C=O) groups is 2. The van der Waals surface area contributed by atoms with Gasteiger partial charge >= 0.3 is 6.03 Å². The van der Waals surface area contributed by atoms with Crippen molar-refractivity contribution in [2.75, 3.05) is 41.8 Å². The average Bonchev–Trinajstić information content (AvgIpc) is 3.42. The molecule has 3 aromatic rings. The molecule has 7 nitrogen and oxygen atoms in total. The second kappa shape index (κ2) is 11.0. The van der Waals surface area contributed by atoms with E-state index in [4.69, 9.17) is 4.74 Å². The van der Waals surface area contributed by atoms with Gasteiger partial charge in [-0.25, -0.2) is 4.79 Å². The molecule has 3 aromatic carbocycles. The standard InChI is InChI=1S/C29H34N4O3/c1-20-13-15-33(16-14-20)27-12-11-22(18-25(27)28(34)30-19-23-8-5-17-36-23)31-29(35)32-26-10-4-7-21-6-2-3-9-24(21)26/h2-4,6-7,9-12,18,20,23H,5,8,13-17,19H2,1H3,(H,30,34)(H2,31,32,35)/t23-/m0/s1. The first-order valence-corrected chi connectivity index (χ1v) is 12.9. The molecule has 2 aliphatic rings. The van der Waals surface area contributed by atoms with E-state index in [1.54, 1.807) is 6.07 Å². The Hall–Kier alpha value is -3.58. The van der Waals surface area contributed by atoms with Crippen LogP contribution in [0.1, 0.15) is 43.0 Å². The van der Waals surface area contributed by atoms with Crippen LogP contribution < -0.4 is 20.9 Å². The predicted molar refractivity (Wildman–Crippen MR) is 145 cm³/mol. The quantitative estimate of drug-likeness (QED) is 0.422. The third-order valence-electron chi connectivity index (χ3n) is 7.18.